The van der Waals surface area contributed by atoms with Crippen LogP contribution in [0, 0.1) is 12.8 Å². The molecular weight excluding hydrogens is 270 g/mol. The van der Waals surface area contributed by atoms with Crippen LogP contribution in [0.2, 0.25) is 0 Å². The van der Waals surface area contributed by atoms with E-state index in [1.807, 2.05) is 11.3 Å². The fourth-order valence-electron chi connectivity index (χ4n) is 1.66. The zero-order valence-electron chi connectivity index (χ0n) is 9.93. The monoisotopic (exact) mass is 289 g/mol. The first-order valence-corrected chi connectivity index (χ1v) is 7.12. The van der Waals surface area contributed by atoms with Crippen molar-refractivity contribution < 1.29 is 0 Å². The predicted molar refractivity (Wildman–Crippen MR) is 72.6 cm³/mol. The van der Waals surface area contributed by atoms with Gasteiger partial charge in [0.05, 0.1) is 0 Å². The minimum Gasteiger partial charge on any atom is -0.312 e. The number of hydrogen-bond donors (Lipinski definition) is 1. The van der Waals surface area contributed by atoms with Gasteiger partial charge in [-0.25, -0.2) is 0 Å². The lowest BCUT2D eigenvalue weighted by Gasteiger charge is -2.19. The molecule has 1 aromatic rings. The van der Waals surface area contributed by atoms with E-state index in [9.17, 15) is 0 Å². The van der Waals surface area contributed by atoms with Crippen molar-refractivity contribution in [1.82, 2.24) is 5.32 Å². The Morgan fingerprint density at radius 3 is 2.60 bits per heavy atom. The highest BCUT2D eigenvalue weighted by Crippen LogP contribution is 2.35. The number of thiophene rings is 1. The minimum absolute atomic E-state index is 0.494. The summed E-state index contributed by atoms with van der Waals surface area (Å²) in [7, 11) is 2.05. The van der Waals surface area contributed by atoms with Crippen molar-refractivity contribution in [1.29, 1.82) is 0 Å². The van der Waals surface area contributed by atoms with Gasteiger partial charge in [-0.1, -0.05) is 20.3 Å². The molecule has 0 aromatic carbocycles. The van der Waals surface area contributed by atoms with E-state index < -0.39 is 0 Å². The van der Waals surface area contributed by atoms with Gasteiger partial charge < -0.3 is 5.32 Å². The van der Waals surface area contributed by atoms with Crippen LogP contribution in [0.4, 0.5) is 0 Å². The molecule has 1 heterocycles. The van der Waals surface area contributed by atoms with Crippen molar-refractivity contribution in [3.8, 4) is 0 Å². The van der Waals surface area contributed by atoms with E-state index in [0.717, 1.165) is 5.92 Å². The predicted octanol–water partition coefficient (Wildman–Crippen LogP) is 4.52. The van der Waals surface area contributed by atoms with Crippen LogP contribution >= 0.6 is 27.3 Å². The molecule has 0 aliphatic rings. The SMILES string of the molecule is CCC(C)CC(NC)c1sc(C)cc1Br. The number of hydrogen-bond acceptors (Lipinski definition) is 2. The summed E-state index contributed by atoms with van der Waals surface area (Å²) in [6, 6.07) is 2.70. The summed E-state index contributed by atoms with van der Waals surface area (Å²) < 4.78 is 1.26. The Hall–Kier alpha value is 0.140. The number of rotatable bonds is 5. The normalized spacial score (nSPS) is 15.3. The summed E-state index contributed by atoms with van der Waals surface area (Å²) in [6.45, 7) is 6.74. The van der Waals surface area contributed by atoms with E-state index >= 15 is 0 Å². The molecule has 0 saturated carbocycles. The maximum absolute atomic E-state index is 3.64. The van der Waals surface area contributed by atoms with Crippen LogP contribution in [-0.2, 0) is 0 Å². The summed E-state index contributed by atoms with van der Waals surface area (Å²) >= 11 is 5.53. The summed E-state index contributed by atoms with van der Waals surface area (Å²) in [4.78, 5) is 2.82. The molecule has 1 rings (SSSR count). The summed E-state index contributed by atoms with van der Waals surface area (Å²) in [5.41, 5.74) is 0. The zero-order valence-corrected chi connectivity index (χ0v) is 12.3. The summed E-state index contributed by atoms with van der Waals surface area (Å²) in [5.74, 6) is 0.775. The molecule has 0 radical (unpaired) electrons. The molecule has 1 N–H and O–H groups in total. The van der Waals surface area contributed by atoms with Crippen molar-refractivity contribution in [3.05, 3.63) is 20.3 Å². The molecule has 0 fully saturated rings. The largest absolute Gasteiger partial charge is 0.312 e. The van der Waals surface area contributed by atoms with E-state index in [1.165, 1.54) is 27.1 Å². The second-order valence-electron chi connectivity index (χ2n) is 4.16. The zero-order chi connectivity index (χ0) is 11.4. The highest BCUT2D eigenvalue weighted by Gasteiger charge is 2.17. The molecule has 0 spiro atoms. The maximum Gasteiger partial charge on any atom is 0.0426 e. The molecule has 1 aromatic heterocycles. The lowest BCUT2D eigenvalue weighted by atomic mass is 9.98. The van der Waals surface area contributed by atoms with E-state index in [1.54, 1.807) is 0 Å². The Labute approximate surface area is 105 Å². The lowest BCUT2D eigenvalue weighted by Crippen LogP contribution is -2.18. The molecule has 2 atom stereocenters. The summed E-state index contributed by atoms with van der Waals surface area (Å²) in [6.07, 6.45) is 2.46. The first kappa shape index (κ1) is 13.2. The molecule has 0 bridgehead atoms. The third-order valence-electron chi connectivity index (χ3n) is 2.84. The minimum atomic E-state index is 0.494. The van der Waals surface area contributed by atoms with Crippen LogP contribution in [-0.4, -0.2) is 7.05 Å². The molecule has 15 heavy (non-hydrogen) atoms. The average Bonchev–Trinajstić information content (AvgIpc) is 2.54. The Balaban J connectivity index is 2.78. The topological polar surface area (TPSA) is 12.0 Å². The van der Waals surface area contributed by atoms with Crippen LogP contribution in [0.25, 0.3) is 0 Å². The van der Waals surface area contributed by atoms with Gasteiger partial charge in [0.25, 0.3) is 0 Å². The van der Waals surface area contributed by atoms with Crippen LogP contribution < -0.4 is 5.32 Å². The van der Waals surface area contributed by atoms with Gasteiger partial charge in [0, 0.05) is 20.3 Å². The second kappa shape index (κ2) is 6.02. The average molecular weight is 290 g/mol. The van der Waals surface area contributed by atoms with Gasteiger partial charge in [-0.05, 0) is 48.3 Å². The molecule has 0 saturated heterocycles. The maximum atomic E-state index is 3.64. The van der Waals surface area contributed by atoms with Gasteiger partial charge in [-0.15, -0.1) is 11.3 Å². The van der Waals surface area contributed by atoms with Crippen LogP contribution in [0.3, 0.4) is 0 Å². The first-order valence-electron chi connectivity index (χ1n) is 5.51. The third kappa shape index (κ3) is 3.58. The summed E-state index contributed by atoms with van der Waals surface area (Å²) in [5, 5.41) is 3.42. The first-order chi connectivity index (χ1) is 7.08. The number of nitrogens with one attached hydrogen (secondary N) is 1. The van der Waals surface area contributed by atoms with E-state index in [0.29, 0.717) is 6.04 Å². The number of halogens is 1. The van der Waals surface area contributed by atoms with E-state index in [-0.39, 0.29) is 0 Å². The molecule has 3 heteroatoms. The molecule has 0 amide bonds. The highest BCUT2D eigenvalue weighted by atomic mass is 79.9. The van der Waals surface area contributed by atoms with Crippen molar-refractivity contribution >= 4 is 27.3 Å². The van der Waals surface area contributed by atoms with Gasteiger partial charge in [-0.3, -0.25) is 0 Å². The molecule has 0 aliphatic heterocycles. The highest BCUT2D eigenvalue weighted by molar-refractivity contribution is 9.10. The Morgan fingerprint density at radius 2 is 2.20 bits per heavy atom. The Morgan fingerprint density at radius 1 is 1.53 bits per heavy atom. The smallest absolute Gasteiger partial charge is 0.0426 e. The van der Waals surface area contributed by atoms with Gasteiger partial charge in [0.15, 0.2) is 0 Å². The van der Waals surface area contributed by atoms with E-state index in [2.05, 4.69) is 55.1 Å². The fraction of sp³-hybridized carbons (Fsp3) is 0.667. The fourth-order valence-corrected chi connectivity index (χ4v) is 3.71. The van der Waals surface area contributed by atoms with Crippen LogP contribution in [0.15, 0.2) is 10.5 Å². The standard InChI is InChI=1S/C12H20BrNS/c1-5-8(2)6-11(14-4)12-10(13)7-9(3)15-12/h7-8,11,14H,5-6H2,1-4H3. The number of aryl methyl sites for hydroxylation is 1. The van der Waals surface area contributed by atoms with Crippen LogP contribution in [0.5, 0.6) is 0 Å². The third-order valence-corrected chi connectivity index (χ3v) is 4.92. The van der Waals surface area contributed by atoms with Gasteiger partial charge in [0.1, 0.15) is 0 Å². The lowest BCUT2D eigenvalue weighted by molar-refractivity contribution is 0.425. The van der Waals surface area contributed by atoms with Crippen molar-refractivity contribution in [2.24, 2.45) is 5.92 Å². The Kier molecular flexibility index (Phi) is 5.30. The molecule has 2 unspecified atom stereocenters. The van der Waals surface area contributed by atoms with E-state index in [4.69, 9.17) is 0 Å². The van der Waals surface area contributed by atoms with Crippen molar-refractivity contribution in [2.45, 2.75) is 39.7 Å². The molecule has 0 aliphatic carbocycles. The molecule has 1 nitrogen and oxygen atoms in total. The van der Waals surface area contributed by atoms with Crippen molar-refractivity contribution in [2.75, 3.05) is 7.05 Å². The molecular formula is C12H20BrNS. The molecule has 86 valence electrons. The Bertz CT molecular complexity index is 309. The van der Waals surface area contributed by atoms with Gasteiger partial charge >= 0.3 is 0 Å². The second-order valence-corrected chi connectivity index (χ2v) is 6.30. The van der Waals surface area contributed by atoms with Crippen molar-refractivity contribution in [3.63, 3.8) is 0 Å². The van der Waals surface area contributed by atoms with Gasteiger partial charge in [-0.2, -0.15) is 0 Å². The quantitative estimate of drug-likeness (QED) is 0.841. The van der Waals surface area contributed by atoms with Gasteiger partial charge in [0.2, 0.25) is 0 Å². The van der Waals surface area contributed by atoms with Crippen LogP contribution in [0.1, 0.15) is 42.5 Å².